The molecule has 0 saturated heterocycles. The number of rotatable bonds is 3. The fraction of sp³-hybridized carbons (Fsp3) is 0.0667. The lowest BCUT2D eigenvalue weighted by atomic mass is 10.2. The highest BCUT2D eigenvalue weighted by atomic mass is 16.3. The molecule has 2 N–H and O–H groups in total. The van der Waals surface area contributed by atoms with Crippen LogP contribution in [0.2, 0.25) is 0 Å². The Morgan fingerprint density at radius 2 is 1.82 bits per heavy atom. The van der Waals surface area contributed by atoms with Crippen molar-refractivity contribution in [3.05, 3.63) is 65.8 Å². The third kappa shape index (κ3) is 3.11. The van der Waals surface area contributed by atoms with Crippen LogP contribution in [0.3, 0.4) is 0 Å². The lowest BCUT2D eigenvalue weighted by molar-refractivity contribution is 0.403. The first kappa shape index (κ1) is 11.3. The summed E-state index contributed by atoms with van der Waals surface area (Å²) in [5.41, 5.74) is 2.06. The summed E-state index contributed by atoms with van der Waals surface area (Å²) in [4.78, 5) is 0. The Morgan fingerprint density at radius 1 is 1.00 bits per heavy atom. The minimum absolute atomic E-state index is 0.0982. The third-order valence-corrected chi connectivity index (χ3v) is 2.49. The van der Waals surface area contributed by atoms with Gasteiger partial charge in [0.25, 0.3) is 0 Å². The summed E-state index contributed by atoms with van der Waals surface area (Å²) in [5, 5.41) is 18.5. The second-order valence-electron chi connectivity index (χ2n) is 3.81. The van der Waals surface area contributed by atoms with Gasteiger partial charge in [-0.05, 0) is 29.7 Å². The van der Waals surface area contributed by atoms with Gasteiger partial charge in [0.05, 0.1) is 0 Å². The normalized spacial score (nSPS) is 14.9. The van der Waals surface area contributed by atoms with E-state index >= 15 is 0 Å². The highest BCUT2D eigenvalue weighted by Crippen LogP contribution is 2.25. The summed E-state index contributed by atoms with van der Waals surface area (Å²) >= 11 is 0. The Labute approximate surface area is 101 Å². The molecule has 1 aromatic carbocycles. The molecule has 0 unspecified atom stereocenters. The molecule has 17 heavy (non-hydrogen) atoms. The van der Waals surface area contributed by atoms with Gasteiger partial charge in [-0.15, -0.1) is 0 Å². The van der Waals surface area contributed by atoms with Gasteiger partial charge in [0.15, 0.2) is 11.5 Å². The summed E-state index contributed by atoms with van der Waals surface area (Å²) in [7, 11) is 0. The quantitative estimate of drug-likeness (QED) is 0.611. The Kier molecular flexibility index (Phi) is 3.46. The molecule has 0 atom stereocenters. The van der Waals surface area contributed by atoms with E-state index in [1.807, 2.05) is 24.3 Å². The zero-order valence-corrected chi connectivity index (χ0v) is 9.38. The Bertz CT molecular complexity index is 520. The van der Waals surface area contributed by atoms with Crippen molar-refractivity contribution in [2.75, 3.05) is 0 Å². The fourth-order valence-electron chi connectivity index (χ4n) is 1.58. The lowest BCUT2D eigenvalue weighted by Gasteiger charge is -1.97. The standard InChI is InChI=1S/C15H14O2/c16-14-10-9-13(11-15(14)17)8-4-3-7-12-5-1-2-6-12/h1,3-11,16-17H,2H2/b7-3+,8-4+. The van der Waals surface area contributed by atoms with E-state index in [0.717, 1.165) is 12.0 Å². The lowest BCUT2D eigenvalue weighted by Crippen LogP contribution is -1.72. The highest BCUT2D eigenvalue weighted by Gasteiger charge is 1.97. The monoisotopic (exact) mass is 226 g/mol. The second-order valence-corrected chi connectivity index (χ2v) is 3.81. The number of phenols is 2. The molecule has 2 nitrogen and oxygen atoms in total. The van der Waals surface area contributed by atoms with E-state index in [2.05, 4.69) is 18.2 Å². The molecule has 1 aromatic rings. The van der Waals surface area contributed by atoms with Crippen molar-refractivity contribution in [2.45, 2.75) is 6.42 Å². The van der Waals surface area contributed by atoms with E-state index in [0.29, 0.717) is 0 Å². The maximum absolute atomic E-state index is 9.31. The first-order valence-corrected chi connectivity index (χ1v) is 5.49. The van der Waals surface area contributed by atoms with Crippen molar-refractivity contribution in [3.8, 4) is 11.5 Å². The van der Waals surface area contributed by atoms with Crippen LogP contribution in [0.15, 0.2) is 60.2 Å². The van der Waals surface area contributed by atoms with Gasteiger partial charge in [-0.3, -0.25) is 0 Å². The molecule has 2 heteroatoms. The molecule has 0 spiro atoms. The maximum Gasteiger partial charge on any atom is 0.157 e. The number of phenolic OH excluding ortho intramolecular Hbond substituents is 2. The van der Waals surface area contributed by atoms with Crippen molar-refractivity contribution in [2.24, 2.45) is 0 Å². The average molecular weight is 226 g/mol. The summed E-state index contributed by atoms with van der Waals surface area (Å²) in [5.74, 6) is -0.198. The Hall–Kier alpha value is -2.22. The van der Waals surface area contributed by atoms with Crippen LogP contribution in [0, 0.1) is 0 Å². The molecule has 1 aliphatic rings. The van der Waals surface area contributed by atoms with Crippen molar-refractivity contribution in [1.29, 1.82) is 0 Å². The molecule has 0 bridgehead atoms. The van der Waals surface area contributed by atoms with Gasteiger partial charge in [-0.1, -0.05) is 48.6 Å². The topological polar surface area (TPSA) is 40.5 Å². The number of benzene rings is 1. The third-order valence-electron chi connectivity index (χ3n) is 2.49. The van der Waals surface area contributed by atoms with Gasteiger partial charge in [-0.25, -0.2) is 0 Å². The highest BCUT2D eigenvalue weighted by molar-refractivity contribution is 5.56. The summed E-state index contributed by atoms with van der Waals surface area (Å²) in [6.45, 7) is 0. The van der Waals surface area contributed by atoms with Gasteiger partial charge >= 0.3 is 0 Å². The Balaban J connectivity index is 2.00. The number of aromatic hydroxyl groups is 2. The van der Waals surface area contributed by atoms with E-state index < -0.39 is 0 Å². The molecule has 0 heterocycles. The van der Waals surface area contributed by atoms with E-state index in [1.54, 1.807) is 6.07 Å². The van der Waals surface area contributed by atoms with Gasteiger partial charge in [-0.2, -0.15) is 0 Å². The van der Waals surface area contributed by atoms with E-state index in [4.69, 9.17) is 5.11 Å². The van der Waals surface area contributed by atoms with Gasteiger partial charge < -0.3 is 10.2 Å². The molecule has 0 fully saturated rings. The van der Waals surface area contributed by atoms with Gasteiger partial charge in [0, 0.05) is 0 Å². The first-order valence-electron chi connectivity index (χ1n) is 5.49. The van der Waals surface area contributed by atoms with Crippen LogP contribution in [0.4, 0.5) is 0 Å². The molecule has 0 saturated carbocycles. The molecule has 0 aliphatic heterocycles. The summed E-state index contributed by atoms with van der Waals surface area (Å²) < 4.78 is 0. The molecule has 2 rings (SSSR count). The van der Waals surface area contributed by atoms with Crippen LogP contribution in [-0.4, -0.2) is 10.2 Å². The van der Waals surface area contributed by atoms with Crippen molar-refractivity contribution in [1.82, 2.24) is 0 Å². The zero-order chi connectivity index (χ0) is 12.1. The predicted octanol–water partition coefficient (Wildman–Crippen LogP) is 3.55. The molecular formula is C15H14O2. The van der Waals surface area contributed by atoms with E-state index in [1.165, 1.54) is 17.7 Å². The van der Waals surface area contributed by atoms with Crippen molar-refractivity contribution < 1.29 is 10.2 Å². The molecule has 1 aliphatic carbocycles. The van der Waals surface area contributed by atoms with Gasteiger partial charge in [0.2, 0.25) is 0 Å². The number of allylic oxidation sites excluding steroid dienone is 7. The maximum atomic E-state index is 9.31. The number of hydrogen-bond acceptors (Lipinski definition) is 2. The van der Waals surface area contributed by atoms with Crippen LogP contribution < -0.4 is 0 Å². The largest absolute Gasteiger partial charge is 0.504 e. The van der Waals surface area contributed by atoms with E-state index in [-0.39, 0.29) is 11.5 Å². The summed E-state index contributed by atoms with van der Waals surface area (Å²) in [6, 6.07) is 4.74. The van der Waals surface area contributed by atoms with Crippen LogP contribution in [0.25, 0.3) is 6.08 Å². The molecular weight excluding hydrogens is 212 g/mol. The molecule has 0 radical (unpaired) electrons. The Morgan fingerprint density at radius 3 is 2.53 bits per heavy atom. The smallest absolute Gasteiger partial charge is 0.157 e. The first-order chi connectivity index (χ1) is 8.25. The second kappa shape index (κ2) is 5.21. The van der Waals surface area contributed by atoms with Crippen LogP contribution in [0.1, 0.15) is 12.0 Å². The van der Waals surface area contributed by atoms with Crippen molar-refractivity contribution >= 4 is 6.08 Å². The SMILES string of the molecule is Oc1ccc(/C=C/C=C/C2=CCC=C2)cc1O. The summed E-state index contributed by atoms with van der Waals surface area (Å²) in [6.07, 6.45) is 15.1. The van der Waals surface area contributed by atoms with Crippen LogP contribution in [0.5, 0.6) is 11.5 Å². The zero-order valence-electron chi connectivity index (χ0n) is 9.38. The molecule has 0 aromatic heterocycles. The predicted molar refractivity (Wildman–Crippen MR) is 69.8 cm³/mol. The minimum atomic E-state index is -0.0995. The van der Waals surface area contributed by atoms with Crippen LogP contribution >= 0.6 is 0 Å². The average Bonchev–Trinajstić information content (AvgIpc) is 2.82. The van der Waals surface area contributed by atoms with E-state index in [9.17, 15) is 5.11 Å². The molecule has 0 amide bonds. The van der Waals surface area contributed by atoms with Crippen LogP contribution in [-0.2, 0) is 0 Å². The minimum Gasteiger partial charge on any atom is -0.504 e. The fourth-order valence-corrected chi connectivity index (χ4v) is 1.58. The molecule has 86 valence electrons. The number of hydrogen-bond donors (Lipinski definition) is 2. The van der Waals surface area contributed by atoms with Gasteiger partial charge in [0.1, 0.15) is 0 Å². The van der Waals surface area contributed by atoms with Crippen molar-refractivity contribution in [3.63, 3.8) is 0 Å².